The Morgan fingerprint density at radius 1 is 1.30 bits per heavy atom. The maximum Gasteiger partial charge on any atom is 0.269 e. The highest BCUT2D eigenvalue weighted by Crippen LogP contribution is 2.24. The van der Waals surface area contributed by atoms with Crippen molar-refractivity contribution in [3.05, 3.63) is 73.8 Å². The van der Waals surface area contributed by atoms with Crippen molar-refractivity contribution in [2.75, 3.05) is 12.1 Å². The summed E-state index contributed by atoms with van der Waals surface area (Å²) in [5.41, 5.74) is 6.90. The Hall–Kier alpha value is -2.53. The number of pyridine rings is 1. The summed E-state index contributed by atoms with van der Waals surface area (Å²) in [6.45, 7) is 5.75. The molecule has 7 nitrogen and oxygen atoms in total. The van der Waals surface area contributed by atoms with Gasteiger partial charge in [0.15, 0.2) is 9.84 Å². The van der Waals surface area contributed by atoms with E-state index >= 15 is 0 Å². The summed E-state index contributed by atoms with van der Waals surface area (Å²) in [7, 11) is -2.89. The van der Waals surface area contributed by atoms with Gasteiger partial charge in [0, 0.05) is 36.2 Å². The zero-order chi connectivity index (χ0) is 25.2. The number of ether oxygens (including phenoxy) is 1. The van der Waals surface area contributed by atoms with Crippen molar-refractivity contribution < 1.29 is 21.9 Å². The second-order valence-corrected chi connectivity index (χ2v) is 10.1. The predicted octanol–water partition coefficient (Wildman–Crippen LogP) is 4.11. The molecular formula is C22H28BrF2N3O4S. The van der Waals surface area contributed by atoms with E-state index < -0.39 is 21.5 Å². The van der Waals surface area contributed by atoms with Crippen LogP contribution in [0.15, 0.2) is 50.3 Å². The van der Waals surface area contributed by atoms with Crippen LogP contribution >= 0.6 is 15.9 Å². The maximum absolute atomic E-state index is 13.6. The molecule has 2 N–H and O–H groups in total. The normalized spacial score (nSPS) is 11.9. The highest BCUT2D eigenvalue weighted by Gasteiger charge is 2.13. The summed E-state index contributed by atoms with van der Waals surface area (Å²) in [4.78, 5) is 16.1. The highest BCUT2D eigenvalue weighted by molar-refractivity contribution is 9.10. The second kappa shape index (κ2) is 13.2. The van der Waals surface area contributed by atoms with E-state index in [1.165, 1.54) is 18.5 Å². The van der Waals surface area contributed by atoms with Crippen LogP contribution in [0.1, 0.15) is 31.5 Å². The molecule has 1 aromatic heterocycles. The lowest BCUT2D eigenvalue weighted by atomic mass is 10.2. The van der Waals surface area contributed by atoms with Crippen LogP contribution in [0, 0.1) is 18.6 Å². The molecule has 182 valence electrons. The molecule has 2 rings (SSSR count). The summed E-state index contributed by atoms with van der Waals surface area (Å²) in [6, 6.07) is 4.93. The van der Waals surface area contributed by atoms with Crippen molar-refractivity contribution >= 4 is 32.0 Å². The fourth-order valence-corrected chi connectivity index (χ4v) is 3.25. The van der Waals surface area contributed by atoms with Gasteiger partial charge in [0.2, 0.25) is 0 Å². The van der Waals surface area contributed by atoms with Gasteiger partial charge in [-0.25, -0.2) is 17.2 Å². The molecule has 0 amide bonds. The number of aliphatic imine (C=N–C) groups is 1. The average molecular weight is 548 g/mol. The quantitative estimate of drug-likeness (QED) is 0.501. The van der Waals surface area contributed by atoms with Crippen LogP contribution in [0.2, 0.25) is 0 Å². The Morgan fingerprint density at radius 2 is 1.97 bits per heavy atom. The van der Waals surface area contributed by atoms with Crippen LogP contribution in [0.4, 0.5) is 8.78 Å². The number of nitrogens with zero attached hydrogens (tertiary/aromatic N) is 2. The van der Waals surface area contributed by atoms with E-state index in [0.29, 0.717) is 18.0 Å². The number of rotatable bonds is 8. The molecule has 0 saturated heterocycles. The Bertz CT molecular complexity index is 1180. The van der Waals surface area contributed by atoms with E-state index in [2.05, 4.69) is 20.9 Å². The van der Waals surface area contributed by atoms with Crippen molar-refractivity contribution in [2.45, 2.75) is 40.3 Å². The Kier molecular flexibility index (Phi) is 11.4. The Balaban J connectivity index is 0.000000513. The molecule has 2 aromatic rings. The van der Waals surface area contributed by atoms with Gasteiger partial charge in [-0.05, 0) is 66.3 Å². The van der Waals surface area contributed by atoms with Crippen molar-refractivity contribution in [1.29, 1.82) is 0 Å². The molecule has 0 radical (unpaired) electrons. The van der Waals surface area contributed by atoms with E-state index in [4.69, 9.17) is 10.5 Å². The summed E-state index contributed by atoms with van der Waals surface area (Å²) >= 11 is 3.22. The van der Waals surface area contributed by atoms with Crippen LogP contribution in [0.5, 0.6) is 5.75 Å². The van der Waals surface area contributed by atoms with E-state index in [1.807, 2.05) is 13.8 Å². The number of aromatic nitrogens is 1. The van der Waals surface area contributed by atoms with E-state index in [1.54, 1.807) is 23.8 Å². The minimum atomic E-state index is -2.89. The van der Waals surface area contributed by atoms with Crippen LogP contribution in [0.25, 0.3) is 0 Å². The first-order chi connectivity index (χ1) is 15.4. The fraction of sp³-hybridized carbons (Fsp3) is 0.364. The number of allylic oxidation sites excluding steroid dienone is 1. The van der Waals surface area contributed by atoms with Gasteiger partial charge in [0.1, 0.15) is 34.3 Å². The lowest BCUT2D eigenvalue weighted by Crippen LogP contribution is -2.24. The molecule has 1 heterocycles. The highest BCUT2D eigenvalue weighted by atomic mass is 79.9. The molecule has 0 saturated carbocycles. The number of nitrogens with two attached hydrogens (primary N) is 1. The topological polar surface area (TPSA) is 104 Å². The fourth-order valence-electron chi connectivity index (χ4n) is 2.43. The van der Waals surface area contributed by atoms with Gasteiger partial charge < -0.3 is 15.0 Å². The molecule has 0 atom stereocenters. The number of benzene rings is 1. The first-order valence-electron chi connectivity index (χ1n) is 9.89. The minimum Gasteiger partial charge on any atom is -0.487 e. The number of hydrogen-bond acceptors (Lipinski definition) is 6. The molecule has 0 aliphatic heterocycles. The van der Waals surface area contributed by atoms with Crippen molar-refractivity contribution in [3.8, 4) is 5.75 Å². The van der Waals surface area contributed by atoms with Gasteiger partial charge in [0.25, 0.3) is 5.56 Å². The number of aryl methyl sites for hydroxylation is 1. The number of sulfone groups is 1. The standard InChI is InChI=1S/C17H17BrF2N2O2.C5H11NO2S/c1-10(7-21)8-22-11(2)5-15(16(18)17(22)23)24-9-12-3-4-13(19)6-14(12)20;1-3-4-6-5-9(2,7)8/h3-7H,8-9,21H2,1-2H3;4H,3,5H2,1-2H3/b10-7+;6-4-. The molecule has 0 aliphatic carbocycles. The smallest absolute Gasteiger partial charge is 0.269 e. The van der Waals surface area contributed by atoms with Crippen LogP contribution in [-0.4, -0.2) is 31.3 Å². The lowest BCUT2D eigenvalue weighted by Gasteiger charge is -2.15. The number of halogens is 3. The monoisotopic (exact) mass is 547 g/mol. The molecule has 0 spiro atoms. The third kappa shape index (κ3) is 9.87. The SMILES string of the molecule is C/C(=C\N)Cn1c(C)cc(OCc2ccc(F)cc2F)c(Br)c1=O.CC/C=N\CS(C)(=O)=O. The third-order valence-corrected chi connectivity index (χ3v) is 5.47. The van der Waals surface area contributed by atoms with E-state index in [-0.39, 0.29) is 28.1 Å². The van der Waals surface area contributed by atoms with E-state index in [9.17, 15) is 22.0 Å². The largest absolute Gasteiger partial charge is 0.487 e. The Morgan fingerprint density at radius 3 is 2.52 bits per heavy atom. The molecule has 0 bridgehead atoms. The van der Waals surface area contributed by atoms with Gasteiger partial charge in [0.05, 0.1) is 0 Å². The second-order valence-electron chi connectivity index (χ2n) is 7.22. The van der Waals surface area contributed by atoms with Crippen molar-refractivity contribution in [1.82, 2.24) is 4.57 Å². The minimum absolute atomic E-state index is 0.0825. The lowest BCUT2D eigenvalue weighted by molar-refractivity contribution is 0.295. The van der Waals surface area contributed by atoms with E-state index in [0.717, 1.165) is 24.1 Å². The predicted molar refractivity (Wildman–Crippen MR) is 130 cm³/mol. The maximum atomic E-state index is 13.6. The zero-order valence-corrected chi connectivity index (χ0v) is 21.3. The molecular weight excluding hydrogens is 520 g/mol. The van der Waals surface area contributed by atoms with Crippen molar-refractivity contribution in [3.63, 3.8) is 0 Å². The third-order valence-electron chi connectivity index (χ3n) is 4.13. The van der Waals surface area contributed by atoms with Gasteiger partial charge in [-0.2, -0.15) is 0 Å². The zero-order valence-electron chi connectivity index (χ0n) is 18.9. The first kappa shape index (κ1) is 28.5. The van der Waals surface area contributed by atoms with Crippen molar-refractivity contribution in [2.24, 2.45) is 10.7 Å². The Labute approximate surface area is 201 Å². The molecule has 33 heavy (non-hydrogen) atoms. The molecule has 1 aromatic carbocycles. The van der Waals surface area contributed by atoms with Crippen LogP contribution in [0.3, 0.4) is 0 Å². The van der Waals surface area contributed by atoms with Gasteiger partial charge in [-0.3, -0.25) is 9.79 Å². The summed E-state index contributed by atoms with van der Waals surface area (Å²) < 4.78 is 54.7. The summed E-state index contributed by atoms with van der Waals surface area (Å²) in [5.74, 6) is -1.13. The molecule has 0 aliphatic rings. The van der Waals surface area contributed by atoms with Gasteiger partial charge in [-0.15, -0.1) is 0 Å². The first-order valence-corrected chi connectivity index (χ1v) is 12.7. The average Bonchev–Trinajstić information content (AvgIpc) is 2.73. The molecule has 11 heteroatoms. The number of hydrogen-bond donors (Lipinski definition) is 1. The summed E-state index contributed by atoms with van der Waals surface area (Å²) in [5, 5.41) is 0. The molecule has 0 fully saturated rings. The van der Waals surface area contributed by atoms with Crippen LogP contribution < -0.4 is 16.0 Å². The molecule has 0 unspecified atom stereocenters. The van der Waals surface area contributed by atoms with Gasteiger partial charge >= 0.3 is 0 Å². The summed E-state index contributed by atoms with van der Waals surface area (Å²) in [6.07, 6.45) is 5.00. The van der Waals surface area contributed by atoms with Crippen LogP contribution in [-0.2, 0) is 23.0 Å². The van der Waals surface area contributed by atoms with Gasteiger partial charge in [-0.1, -0.05) is 6.92 Å².